The number of aliphatic hydroxyl groups is 1. The van der Waals surface area contributed by atoms with Gasteiger partial charge in [-0.2, -0.15) is 5.26 Å². The van der Waals surface area contributed by atoms with Crippen molar-refractivity contribution in [2.75, 3.05) is 0 Å². The first kappa shape index (κ1) is 13.4. The highest BCUT2D eigenvalue weighted by molar-refractivity contribution is 8.13. The van der Waals surface area contributed by atoms with Crippen LogP contribution in [0.15, 0.2) is 17.0 Å². The molecule has 9 heteroatoms. The van der Waals surface area contributed by atoms with E-state index in [1.807, 2.05) is 0 Å². The van der Waals surface area contributed by atoms with Crippen LogP contribution in [0.5, 0.6) is 0 Å². The van der Waals surface area contributed by atoms with E-state index in [9.17, 15) is 18.5 Å². The van der Waals surface area contributed by atoms with Gasteiger partial charge in [0, 0.05) is 16.7 Å². The summed E-state index contributed by atoms with van der Waals surface area (Å²) in [7, 11) is 0.731. The van der Waals surface area contributed by atoms with Gasteiger partial charge in [-0.25, -0.2) is 8.42 Å². The zero-order chi connectivity index (χ0) is 13.2. The van der Waals surface area contributed by atoms with Crippen molar-refractivity contribution < 1.29 is 18.4 Å². The van der Waals surface area contributed by atoms with E-state index in [0.717, 1.165) is 12.1 Å². The largest absolute Gasteiger partial charge is 0.392 e. The maximum atomic E-state index is 11.2. The monoisotopic (exact) mass is 276 g/mol. The molecule has 17 heavy (non-hydrogen) atoms. The molecule has 1 N–H and O–H groups in total. The lowest BCUT2D eigenvalue weighted by Crippen LogP contribution is -2.05. The van der Waals surface area contributed by atoms with E-state index in [-0.39, 0.29) is 5.56 Å². The van der Waals surface area contributed by atoms with Crippen LogP contribution >= 0.6 is 10.7 Å². The lowest BCUT2D eigenvalue weighted by molar-refractivity contribution is -0.385. The van der Waals surface area contributed by atoms with Gasteiger partial charge in [-0.05, 0) is 11.6 Å². The summed E-state index contributed by atoms with van der Waals surface area (Å²) in [6.45, 7) is -0.700. The molecule has 0 bridgehead atoms. The third-order valence-corrected chi connectivity index (χ3v) is 3.36. The molecule has 1 aromatic rings. The molecular formula is C8H5ClN2O5S. The van der Waals surface area contributed by atoms with Crippen molar-refractivity contribution in [3.63, 3.8) is 0 Å². The molecule has 0 aliphatic rings. The van der Waals surface area contributed by atoms with Gasteiger partial charge in [0.25, 0.3) is 14.7 Å². The van der Waals surface area contributed by atoms with Crippen molar-refractivity contribution in [3.05, 3.63) is 33.4 Å². The fourth-order valence-corrected chi connectivity index (χ4v) is 2.65. The molecule has 0 spiro atoms. The first-order chi connectivity index (χ1) is 7.82. The number of halogens is 1. The fraction of sp³-hybridized carbons (Fsp3) is 0.125. The number of nitro benzene ring substituents is 1. The fourth-order valence-electron chi connectivity index (χ4n) is 1.28. The van der Waals surface area contributed by atoms with Gasteiger partial charge in [0.2, 0.25) is 0 Å². The number of hydrogen-bond acceptors (Lipinski definition) is 6. The summed E-state index contributed by atoms with van der Waals surface area (Å²) < 4.78 is 22.5. The standard InChI is InChI=1S/C8H5ClN2O5S/c9-17(15,16)8-5(4-12)1-2-7(11(13)14)6(8)3-10/h1-2,12H,4H2. The zero-order valence-electron chi connectivity index (χ0n) is 8.12. The van der Waals surface area contributed by atoms with Gasteiger partial charge >= 0.3 is 0 Å². The van der Waals surface area contributed by atoms with Crippen LogP contribution < -0.4 is 0 Å². The summed E-state index contributed by atoms with van der Waals surface area (Å²) in [6.07, 6.45) is 0. The number of rotatable bonds is 3. The SMILES string of the molecule is N#Cc1c([N+](=O)[O-])ccc(CO)c1S(=O)(=O)Cl. The first-order valence-electron chi connectivity index (χ1n) is 4.08. The van der Waals surface area contributed by atoms with Crippen molar-refractivity contribution in [1.82, 2.24) is 0 Å². The lowest BCUT2D eigenvalue weighted by Gasteiger charge is -2.06. The van der Waals surface area contributed by atoms with Gasteiger partial charge in [-0.1, -0.05) is 0 Å². The van der Waals surface area contributed by atoms with Gasteiger partial charge in [-0.3, -0.25) is 10.1 Å². The van der Waals surface area contributed by atoms with Crippen LogP contribution in [0.2, 0.25) is 0 Å². The Morgan fingerprint density at radius 1 is 1.53 bits per heavy atom. The molecule has 0 aromatic heterocycles. The molecule has 90 valence electrons. The van der Waals surface area contributed by atoms with Crippen molar-refractivity contribution in [2.24, 2.45) is 0 Å². The highest BCUT2D eigenvalue weighted by atomic mass is 35.7. The Kier molecular flexibility index (Phi) is 3.67. The molecule has 0 saturated heterocycles. The van der Waals surface area contributed by atoms with Crippen LogP contribution in [-0.4, -0.2) is 18.4 Å². The number of hydrogen-bond donors (Lipinski definition) is 1. The van der Waals surface area contributed by atoms with Crippen molar-refractivity contribution in [1.29, 1.82) is 5.26 Å². The molecule has 7 nitrogen and oxygen atoms in total. The molecule has 0 atom stereocenters. The average molecular weight is 277 g/mol. The summed E-state index contributed by atoms with van der Waals surface area (Å²) in [5.41, 5.74) is -1.53. The quantitative estimate of drug-likeness (QED) is 0.497. The van der Waals surface area contributed by atoms with E-state index in [0.29, 0.717) is 0 Å². The highest BCUT2D eigenvalue weighted by Gasteiger charge is 2.27. The maximum Gasteiger partial charge on any atom is 0.288 e. The van der Waals surface area contributed by atoms with Crippen LogP contribution in [0.4, 0.5) is 5.69 Å². The lowest BCUT2D eigenvalue weighted by atomic mass is 10.1. The minimum Gasteiger partial charge on any atom is -0.392 e. The summed E-state index contributed by atoms with van der Waals surface area (Å²) in [5, 5.41) is 28.3. The molecule has 0 aliphatic heterocycles. The average Bonchev–Trinajstić information content (AvgIpc) is 2.25. The molecule has 0 saturated carbocycles. The van der Waals surface area contributed by atoms with E-state index < -0.39 is 36.7 Å². The molecule has 0 fully saturated rings. The number of nitriles is 1. The van der Waals surface area contributed by atoms with Crippen LogP contribution in [0, 0.1) is 21.4 Å². The van der Waals surface area contributed by atoms with E-state index >= 15 is 0 Å². The Balaban J connectivity index is 3.82. The predicted molar refractivity (Wildman–Crippen MR) is 56.8 cm³/mol. The second-order valence-electron chi connectivity index (χ2n) is 2.91. The third-order valence-electron chi connectivity index (χ3n) is 1.94. The summed E-state index contributed by atoms with van der Waals surface area (Å²) in [6, 6.07) is 3.39. The predicted octanol–water partition coefficient (Wildman–Crippen LogP) is 0.886. The van der Waals surface area contributed by atoms with Crippen molar-refractivity contribution >= 4 is 25.4 Å². The van der Waals surface area contributed by atoms with E-state index in [1.54, 1.807) is 0 Å². The molecule has 0 aliphatic carbocycles. The van der Waals surface area contributed by atoms with Crippen molar-refractivity contribution in [3.8, 4) is 6.07 Å². The van der Waals surface area contributed by atoms with Crippen LogP contribution in [0.1, 0.15) is 11.1 Å². The Morgan fingerprint density at radius 2 is 2.12 bits per heavy atom. The van der Waals surface area contributed by atoms with Gasteiger partial charge < -0.3 is 5.11 Å². The molecule has 0 heterocycles. The second-order valence-corrected chi connectivity index (χ2v) is 5.42. The van der Waals surface area contributed by atoms with E-state index in [4.69, 9.17) is 21.1 Å². The number of nitro groups is 1. The third kappa shape index (κ3) is 2.52. The Hall–Kier alpha value is -1.69. The zero-order valence-corrected chi connectivity index (χ0v) is 9.70. The molecule has 1 aromatic carbocycles. The van der Waals surface area contributed by atoms with E-state index in [1.165, 1.54) is 6.07 Å². The molecule has 0 radical (unpaired) electrons. The smallest absolute Gasteiger partial charge is 0.288 e. The second kappa shape index (κ2) is 4.67. The van der Waals surface area contributed by atoms with Crippen LogP contribution in [0.25, 0.3) is 0 Å². The Labute approximate surface area is 100 Å². The Bertz CT molecular complexity index is 620. The molecule has 1 rings (SSSR count). The van der Waals surface area contributed by atoms with Gasteiger partial charge in [-0.15, -0.1) is 0 Å². The van der Waals surface area contributed by atoms with E-state index in [2.05, 4.69) is 0 Å². The number of benzene rings is 1. The van der Waals surface area contributed by atoms with Gasteiger partial charge in [0.05, 0.1) is 11.5 Å². The molecule has 0 unspecified atom stereocenters. The molecule has 0 amide bonds. The molecular weight excluding hydrogens is 272 g/mol. The number of nitrogens with zero attached hydrogens (tertiary/aromatic N) is 2. The maximum absolute atomic E-state index is 11.2. The minimum atomic E-state index is -4.36. The van der Waals surface area contributed by atoms with Crippen molar-refractivity contribution in [2.45, 2.75) is 11.5 Å². The topological polar surface area (TPSA) is 121 Å². The van der Waals surface area contributed by atoms with Gasteiger partial charge in [0.15, 0.2) is 0 Å². The van der Waals surface area contributed by atoms with Crippen LogP contribution in [-0.2, 0) is 15.7 Å². The first-order valence-corrected chi connectivity index (χ1v) is 6.39. The normalized spacial score (nSPS) is 10.9. The highest BCUT2D eigenvalue weighted by Crippen LogP contribution is 2.30. The van der Waals surface area contributed by atoms with Crippen LogP contribution in [0.3, 0.4) is 0 Å². The minimum absolute atomic E-state index is 0.165. The summed E-state index contributed by atoms with van der Waals surface area (Å²) in [5.74, 6) is 0. The summed E-state index contributed by atoms with van der Waals surface area (Å²) in [4.78, 5) is 8.99. The Morgan fingerprint density at radius 3 is 2.47 bits per heavy atom. The van der Waals surface area contributed by atoms with Gasteiger partial charge in [0.1, 0.15) is 16.5 Å². The number of aliphatic hydroxyl groups excluding tert-OH is 1. The summed E-state index contributed by atoms with van der Waals surface area (Å²) >= 11 is 0.